The molecule has 0 saturated carbocycles. The molecule has 0 unspecified atom stereocenters. The van der Waals surface area contributed by atoms with E-state index < -0.39 is 0 Å². The molecule has 4 nitrogen and oxygen atoms in total. The largest absolute Gasteiger partial charge is 0.383 e. The van der Waals surface area contributed by atoms with Gasteiger partial charge >= 0.3 is 0 Å². The Hall–Kier alpha value is -1.79. The molecular formula is C13H9BrN4S. The highest BCUT2D eigenvalue weighted by Crippen LogP contribution is 2.32. The van der Waals surface area contributed by atoms with Crippen molar-refractivity contribution < 1.29 is 0 Å². The van der Waals surface area contributed by atoms with Crippen molar-refractivity contribution in [2.75, 3.05) is 5.73 Å². The van der Waals surface area contributed by atoms with Gasteiger partial charge in [0.1, 0.15) is 5.82 Å². The fourth-order valence-corrected chi connectivity index (χ4v) is 2.65. The van der Waals surface area contributed by atoms with Gasteiger partial charge in [0.2, 0.25) is 0 Å². The van der Waals surface area contributed by atoms with E-state index in [2.05, 4.69) is 30.9 Å². The number of hydrogen-bond donors (Lipinski definition) is 1. The Kier molecular flexibility index (Phi) is 3.27. The van der Waals surface area contributed by atoms with Crippen LogP contribution in [0.25, 0.3) is 22.0 Å². The monoisotopic (exact) mass is 332 g/mol. The van der Waals surface area contributed by atoms with Crippen LogP contribution in [0.1, 0.15) is 0 Å². The molecule has 0 aliphatic heterocycles. The average molecular weight is 333 g/mol. The van der Waals surface area contributed by atoms with E-state index in [1.807, 2.05) is 30.3 Å². The van der Waals surface area contributed by atoms with Gasteiger partial charge in [0.25, 0.3) is 0 Å². The van der Waals surface area contributed by atoms with Gasteiger partial charge in [0, 0.05) is 11.8 Å². The molecule has 2 aromatic heterocycles. The van der Waals surface area contributed by atoms with Gasteiger partial charge in [-0.05, 0) is 15.9 Å². The molecule has 1 aromatic carbocycles. The Balaban J connectivity index is 2.20. The normalized spacial score (nSPS) is 10.6. The molecule has 3 rings (SSSR count). The standard InChI is InChI=1S/C13H9BrN4S/c14-10-11(8-4-2-1-3-5-8)17-13(18-12(10)15)9-6-16-7-19-9/h1-7H,(H2,15,17,18). The van der Waals surface area contributed by atoms with Crippen LogP contribution < -0.4 is 5.73 Å². The van der Waals surface area contributed by atoms with E-state index in [9.17, 15) is 0 Å². The summed E-state index contributed by atoms with van der Waals surface area (Å²) in [5.41, 5.74) is 9.48. The van der Waals surface area contributed by atoms with Crippen LogP contribution in [-0.4, -0.2) is 15.0 Å². The smallest absolute Gasteiger partial charge is 0.173 e. The summed E-state index contributed by atoms with van der Waals surface area (Å²) in [5.74, 6) is 1.03. The molecule has 0 aliphatic rings. The van der Waals surface area contributed by atoms with Crippen LogP contribution in [0.4, 0.5) is 5.82 Å². The fraction of sp³-hybridized carbons (Fsp3) is 0. The predicted octanol–water partition coefficient (Wildman–Crippen LogP) is 3.61. The molecule has 0 spiro atoms. The molecule has 3 aromatic rings. The van der Waals surface area contributed by atoms with Crippen molar-refractivity contribution in [3.63, 3.8) is 0 Å². The van der Waals surface area contributed by atoms with Crippen molar-refractivity contribution in [1.29, 1.82) is 0 Å². The molecular weight excluding hydrogens is 324 g/mol. The van der Waals surface area contributed by atoms with Crippen LogP contribution in [-0.2, 0) is 0 Å². The maximum atomic E-state index is 5.95. The molecule has 0 saturated heterocycles. The van der Waals surface area contributed by atoms with Crippen molar-refractivity contribution in [1.82, 2.24) is 15.0 Å². The number of nitrogens with two attached hydrogens (primary N) is 1. The first-order valence-corrected chi connectivity index (χ1v) is 7.20. The summed E-state index contributed by atoms with van der Waals surface area (Å²) >= 11 is 4.94. The summed E-state index contributed by atoms with van der Waals surface area (Å²) in [7, 11) is 0. The van der Waals surface area contributed by atoms with Crippen LogP contribution >= 0.6 is 27.3 Å². The van der Waals surface area contributed by atoms with Crippen molar-refractivity contribution in [2.24, 2.45) is 0 Å². The van der Waals surface area contributed by atoms with E-state index in [0.717, 1.165) is 16.1 Å². The minimum absolute atomic E-state index is 0.428. The number of hydrogen-bond acceptors (Lipinski definition) is 5. The predicted molar refractivity (Wildman–Crippen MR) is 80.7 cm³/mol. The van der Waals surface area contributed by atoms with E-state index in [1.165, 1.54) is 11.3 Å². The minimum Gasteiger partial charge on any atom is -0.383 e. The second-order valence-electron chi connectivity index (χ2n) is 3.83. The van der Waals surface area contributed by atoms with Crippen molar-refractivity contribution in [3.8, 4) is 22.0 Å². The average Bonchev–Trinajstić information content (AvgIpc) is 2.97. The minimum atomic E-state index is 0.428. The Bertz CT molecular complexity index is 698. The molecule has 6 heteroatoms. The summed E-state index contributed by atoms with van der Waals surface area (Å²) in [6.45, 7) is 0. The second kappa shape index (κ2) is 5.07. The lowest BCUT2D eigenvalue weighted by atomic mass is 10.1. The summed E-state index contributed by atoms with van der Waals surface area (Å²) in [5, 5.41) is 0. The highest BCUT2D eigenvalue weighted by Gasteiger charge is 2.13. The van der Waals surface area contributed by atoms with Gasteiger partial charge in [0.05, 0.1) is 20.6 Å². The van der Waals surface area contributed by atoms with Gasteiger partial charge in [-0.15, -0.1) is 11.3 Å². The van der Waals surface area contributed by atoms with Crippen LogP contribution in [0.5, 0.6) is 0 Å². The van der Waals surface area contributed by atoms with E-state index in [1.54, 1.807) is 11.7 Å². The molecule has 0 radical (unpaired) electrons. The maximum Gasteiger partial charge on any atom is 0.173 e. The Morgan fingerprint density at radius 1 is 1.11 bits per heavy atom. The third-order valence-corrected chi connectivity index (χ3v) is 4.13. The Morgan fingerprint density at radius 3 is 2.58 bits per heavy atom. The highest BCUT2D eigenvalue weighted by atomic mass is 79.9. The molecule has 2 heterocycles. The number of rotatable bonds is 2. The van der Waals surface area contributed by atoms with Crippen molar-refractivity contribution in [2.45, 2.75) is 0 Å². The molecule has 94 valence electrons. The topological polar surface area (TPSA) is 64.7 Å². The van der Waals surface area contributed by atoms with Gasteiger partial charge in [0.15, 0.2) is 5.82 Å². The second-order valence-corrected chi connectivity index (χ2v) is 5.51. The van der Waals surface area contributed by atoms with Gasteiger partial charge in [-0.25, -0.2) is 9.97 Å². The summed E-state index contributed by atoms with van der Waals surface area (Å²) in [6.07, 6.45) is 1.74. The molecule has 0 fully saturated rings. The zero-order valence-electron chi connectivity index (χ0n) is 9.75. The lowest BCUT2D eigenvalue weighted by Gasteiger charge is -2.08. The van der Waals surface area contributed by atoms with E-state index in [4.69, 9.17) is 5.73 Å². The van der Waals surface area contributed by atoms with Gasteiger partial charge in [-0.3, -0.25) is 4.98 Å². The quantitative estimate of drug-likeness (QED) is 0.778. The zero-order chi connectivity index (χ0) is 13.2. The van der Waals surface area contributed by atoms with Crippen molar-refractivity contribution in [3.05, 3.63) is 46.5 Å². The molecule has 0 amide bonds. The van der Waals surface area contributed by atoms with Gasteiger partial charge in [-0.2, -0.15) is 0 Å². The molecule has 0 atom stereocenters. The van der Waals surface area contributed by atoms with Crippen LogP contribution in [0, 0.1) is 0 Å². The number of halogens is 1. The van der Waals surface area contributed by atoms with Crippen LogP contribution in [0.2, 0.25) is 0 Å². The van der Waals surface area contributed by atoms with Crippen LogP contribution in [0.15, 0.2) is 46.5 Å². The zero-order valence-corrected chi connectivity index (χ0v) is 12.1. The van der Waals surface area contributed by atoms with Crippen molar-refractivity contribution >= 4 is 33.1 Å². The van der Waals surface area contributed by atoms with Gasteiger partial charge in [-0.1, -0.05) is 30.3 Å². The molecule has 0 bridgehead atoms. The summed E-state index contributed by atoms with van der Waals surface area (Å²) in [4.78, 5) is 13.8. The summed E-state index contributed by atoms with van der Waals surface area (Å²) < 4.78 is 0.715. The first kappa shape index (κ1) is 12.3. The number of nitrogens with zero attached hydrogens (tertiary/aromatic N) is 3. The van der Waals surface area contributed by atoms with Crippen LogP contribution in [0.3, 0.4) is 0 Å². The molecule has 2 N–H and O–H groups in total. The lowest BCUT2D eigenvalue weighted by molar-refractivity contribution is 1.18. The first-order valence-electron chi connectivity index (χ1n) is 5.53. The SMILES string of the molecule is Nc1nc(-c2cncs2)nc(-c2ccccc2)c1Br. The van der Waals surface area contributed by atoms with E-state index in [0.29, 0.717) is 16.1 Å². The van der Waals surface area contributed by atoms with Gasteiger partial charge < -0.3 is 5.73 Å². The fourth-order valence-electron chi connectivity index (χ4n) is 1.69. The number of anilines is 1. The lowest BCUT2D eigenvalue weighted by Crippen LogP contribution is -1.99. The highest BCUT2D eigenvalue weighted by molar-refractivity contribution is 9.10. The Morgan fingerprint density at radius 2 is 1.89 bits per heavy atom. The molecule has 0 aliphatic carbocycles. The third kappa shape index (κ3) is 2.36. The number of aromatic nitrogens is 3. The summed E-state index contributed by atoms with van der Waals surface area (Å²) in [6, 6.07) is 9.87. The molecule has 19 heavy (non-hydrogen) atoms. The number of benzene rings is 1. The first-order chi connectivity index (χ1) is 9.25. The number of thiazole rings is 1. The Labute approximate surface area is 122 Å². The number of nitrogen functional groups attached to an aromatic ring is 1. The third-order valence-electron chi connectivity index (χ3n) is 2.58. The maximum absolute atomic E-state index is 5.95. The van der Waals surface area contributed by atoms with E-state index >= 15 is 0 Å². The van der Waals surface area contributed by atoms with E-state index in [-0.39, 0.29) is 0 Å².